The third kappa shape index (κ3) is 4.55. The lowest BCUT2D eigenvalue weighted by atomic mass is 9.92. The molecule has 1 atom stereocenters. The number of ether oxygens (including phenoxy) is 1. The lowest BCUT2D eigenvalue weighted by Crippen LogP contribution is -2.40. The summed E-state index contributed by atoms with van der Waals surface area (Å²) < 4.78 is 5.38. The van der Waals surface area contributed by atoms with Crippen LogP contribution in [0.3, 0.4) is 0 Å². The van der Waals surface area contributed by atoms with Crippen LogP contribution in [0.4, 0.5) is 0 Å². The third-order valence-corrected chi connectivity index (χ3v) is 4.24. The normalized spacial score (nSPS) is 17.4. The molecule has 21 heavy (non-hydrogen) atoms. The molecule has 0 radical (unpaired) electrons. The van der Waals surface area contributed by atoms with Crippen LogP contribution < -0.4 is 10.6 Å². The molecule has 4 nitrogen and oxygen atoms in total. The summed E-state index contributed by atoms with van der Waals surface area (Å²) in [6.07, 6.45) is 2.93. The van der Waals surface area contributed by atoms with E-state index < -0.39 is 0 Å². The summed E-state index contributed by atoms with van der Waals surface area (Å²) in [6.45, 7) is 4.59. The van der Waals surface area contributed by atoms with E-state index in [1.54, 1.807) is 0 Å². The molecule has 116 valence electrons. The summed E-state index contributed by atoms with van der Waals surface area (Å²) in [6, 6.07) is 8.06. The zero-order chi connectivity index (χ0) is 15.1. The van der Waals surface area contributed by atoms with Gasteiger partial charge in [0.2, 0.25) is 0 Å². The van der Waals surface area contributed by atoms with Crippen LogP contribution in [0.25, 0.3) is 0 Å². The second-order valence-corrected chi connectivity index (χ2v) is 5.72. The molecule has 1 aromatic rings. The van der Waals surface area contributed by atoms with Gasteiger partial charge in [-0.25, -0.2) is 0 Å². The van der Waals surface area contributed by atoms with E-state index in [-0.39, 0.29) is 11.9 Å². The number of nitrogens with one attached hydrogen (secondary N) is 2. The van der Waals surface area contributed by atoms with Gasteiger partial charge in [0.15, 0.2) is 0 Å². The van der Waals surface area contributed by atoms with Crippen molar-refractivity contribution in [2.24, 2.45) is 5.92 Å². The maximum Gasteiger partial charge on any atom is 0.251 e. The fourth-order valence-corrected chi connectivity index (χ4v) is 2.84. The Morgan fingerprint density at radius 2 is 2.05 bits per heavy atom. The third-order valence-electron chi connectivity index (χ3n) is 4.24. The average Bonchev–Trinajstić information content (AvgIpc) is 2.54. The topological polar surface area (TPSA) is 50.4 Å². The highest BCUT2D eigenvalue weighted by Gasteiger charge is 2.22. The molecular weight excluding hydrogens is 264 g/mol. The summed E-state index contributed by atoms with van der Waals surface area (Å²) in [5.41, 5.74) is 1.90. The highest BCUT2D eigenvalue weighted by Crippen LogP contribution is 2.19. The molecule has 0 bridgehead atoms. The molecule has 1 aromatic carbocycles. The van der Waals surface area contributed by atoms with E-state index in [0.717, 1.165) is 50.1 Å². The molecule has 0 aliphatic carbocycles. The van der Waals surface area contributed by atoms with Gasteiger partial charge < -0.3 is 15.4 Å². The minimum absolute atomic E-state index is 0.0423. The van der Waals surface area contributed by atoms with Crippen molar-refractivity contribution in [3.63, 3.8) is 0 Å². The van der Waals surface area contributed by atoms with Crippen LogP contribution in [-0.2, 0) is 11.2 Å². The van der Waals surface area contributed by atoms with Crippen molar-refractivity contribution in [1.29, 1.82) is 0 Å². The first-order valence-electron chi connectivity index (χ1n) is 7.83. The van der Waals surface area contributed by atoms with Crippen LogP contribution in [0.5, 0.6) is 0 Å². The van der Waals surface area contributed by atoms with Crippen LogP contribution in [0.1, 0.15) is 35.7 Å². The maximum atomic E-state index is 12.5. The highest BCUT2D eigenvalue weighted by atomic mass is 16.5. The molecule has 1 unspecified atom stereocenters. The number of benzene rings is 1. The highest BCUT2D eigenvalue weighted by molar-refractivity contribution is 5.95. The van der Waals surface area contributed by atoms with E-state index in [2.05, 4.69) is 17.6 Å². The van der Waals surface area contributed by atoms with E-state index in [1.165, 1.54) is 0 Å². The molecule has 1 aliphatic rings. The fourth-order valence-electron chi connectivity index (χ4n) is 2.84. The van der Waals surface area contributed by atoms with E-state index in [0.29, 0.717) is 5.92 Å². The van der Waals surface area contributed by atoms with E-state index in [4.69, 9.17) is 4.74 Å². The Morgan fingerprint density at radius 3 is 2.76 bits per heavy atom. The fraction of sp³-hybridized carbons (Fsp3) is 0.588. The van der Waals surface area contributed by atoms with Gasteiger partial charge in [-0.2, -0.15) is 0 Å². The van der Waals surface area contributed by atoms with Crippen LogP contribution in [0, 0.1) is 5.92 Å². The first-order valence-corrected chi connectivity index (χ1v) is 7.83. The van der Waals surface area contributed by atoms with Crippen LogP contribution >= 0.6 is 0 Å². The number of rotatable bonds is 6. The van der Waals surface area contributed by atoms with E-state index in [9.17, 15) is 4.79 Å². The van der Waals surface area contributed by atoms with Gasteiger partial charge in [-0.05, 0) is 57.3 Å². The van der Waals surface area contributed by atoms with Gasteiger partial charge in [-0.15, -0.1) is 0 Å². The summed E-state index contributed by atoms with van der Waals surface area (Å²) in [7, 11) is 1.93. The molecule has 2 N–H and O–H groups in total. The average molecular weight is 290 g/mol. The lowest BCUT2D eigenvalue weighted by molar-refractivity contribution is 0.0538. The van der Waals surface area contributed by atoms with Gasteiger partial charge in [-0.3, -0.25) is 4.79 Å². The van der Waals surface area contributed by atoms with Gasteiger partial charge in [0.05, 0.1) is 0 Å². The molecule has 1 saturated heterocycles. The maximum absolute atomic E-state index is 12.5. The standard InChI is InChI=1S/C17H26N2O2/c1-13(14-8-11-21-12-9-14)19-17(20)16-6-4-3-5-15(16)7-10-18-2/h3-6,13-14,18H,7-12H2,1-2H3,(H,19,20). The number of likely N-dealkylation sites (N-methyl/N-ethyl adjacent to an activating group) is 1. The molecular formula is C17H26N2O2. The first kappa shape index (κ1) is 16.0. The smallest absolute Gasteiger partial charge is 0.251 e. The number of carbonyl (C=O) groups is 1. The van der Waals surface area contributed by atoms with Gasteiger partial charge in [-0.1, -0.05) is 18.2 Å². The van der Waals surface area contributed by atoms with Crippen LogP contribution in [0.15, 0.2) is 24.3 Å². The molecule has 0 spiro atoms. The molecule has 1 amide bonds. The van der Waals surface area contributed by atoms with E-state index >= 15 is 0 Å². The quantitative estimate of drug-likeness (QED) is 0.842. The number of hydrogen-bond acceptors (Lipinski definition) is 3. The minimum atomic E-state index is 0.0423. The van der Waals surface area contributed by atoms with Crippen molar-refractivity contribution in [3.05, 3.63) is 35.4 Å². The minimum Gasteiger partial charge on any atom is -0.381 e. The number of carbonyl (C=O) groups excluding carboxylic acids is 1. The van der Waals surface area contributed by atoms with Crippen molar-refractivity contribution < 1.29 is 9.53 Å². The summed E-state index contributed by atoms with van der Waals surface area (Å²) in [4.78, 5) is 12.5. The lowest BCUT2D eigenvalue weighted by Gasteiger charge is -2.28. The predicted molar refractivity (Wildman–Crippen MR) is 84.5 cm³/mol. The van der Waals surface area contributed by atoms with Crippen molar-refractivity contribution >= 4 is 5.91 Å². The molecule has 4 heteroatoms. The molecule has 0 saturated carbocycles. The number of hydrogen-bond donors (Lipinski definition) is 2. The van der Waals surface area contributed by atoms with Gasteiger partial charge in [0.1, 0.15) is 0 Å². The zero-order valence-electron chi connectivity index (χ0n) is 13.0. The first-order chi connectivity index (χ1) is 10.2. The Balaban J connectivity index is 1.98. The SMILES string of the molecule is CNCCc1ccccc1C(=O)NC(C)C1CCOCC1. The monoisotopic (exact) mass is 290 g/mol. The number of amides is 1. The molecule has 1 fully saturated rings. The Bertz CT molecular complexity index is 456. The Kier molecular flexibility index (Phi) is 6.21. The molecule has 1 heterocycles. The molecule has 0 aromatic heterocycles. The molecule has 1 aliphatic heterocycles. The van der Waals surface area contributed by atoms with Gasteiger partial charge in [0, 0.05) is 24.8 Å². The van der Waals surface area contributed by atoms with E-state index in [1.807, 2.05) is 31.3 Å². The van der Waals surface area contributed by atoms with Crippen molar-refractivity contribution in [3.8, 4) is 0 Å². The summed E-state index contributed by atoms with van der Waals surface area (Å²) >= 11 is 0. The largest absolute Gasteiger partial charge is 0.381 e. The van der Waals surface area contributed by atoms with Crippen molar-refractivity contribution in [1.82, 2.24) is 10.6 Å². The predicted octanol–water partition coefficient (Wildman–Crippen LogP) is 1.99. The Hall–Kier alpha value is -1.39. The van der Waals surface area contributed by atoms with Crippen molar-refractivity contribution in [2.75, 3.05) is 26.8 Å². The second kappa shape index (κ2) is 8.15. The second-order valence-electron chi connectivity index (χ2n) is 5.72. The van der Waals surface area contributed by atoms with Crippen molar-refractivity contribution in [2.45, 2.75) is 32.2 Å². The van der Waals surface area contributed by atoms with Gasteiger partial charge in [0.25, 0.3) is 5.91 Å². The molecule has 2 rings (SSSR count). The summed E-state index contributed by atoms with van der Waals surface area (Å²) in [5, 5.41) is 6.30. The Morgan fingerprint density at radius 1 is 1.33 bits per heavy atom. The Labute approximate surface area is 127 Å². The van der Waals surface area contributed by atoms with Gasteiger partial charge >= 0.3 is 0 Å². The zero-order valence-corrected chi connectivity index (χ0v) is 13.0. The summed E-state index contributed by atoms with van der Waals surface area (Å²) in [5.74, 6) is 0.563. The van der Waals surface area contributed by atoms with Crippen LogP contribution in [-0.4, -0.2) is 38.8 Å². The van der Waals surface area contributed by atoms with Crippen LogP contribution in [0.2, 0.25) is 0 Å².